The Bertz CT molecular complexity index is 2790. The maximum absolute atomic E-state index is 6.71. The first-order valence-corrected chi connectivity index (χ1v) is 17.2. The van der Waals surface area contributed by atoms with Crippen LogP contribution < -0.4 is 4.74 Å². The number of hydrogen-bond acceptors (Lipinski definition) is 3. The number of para-hydroxylation sites is 2. The standard InChI is InChI=1S/C45H38N4O/c1-27-22-28(2)42(29(3)23-27)38-26-48-39-15-9-7-12-33(39)32-19-17-30(24-36(32)43(48)47-38)50-31-18-20-35-34-13-8-10-16-40(34)49(41(35)25-31)44-37(45(4,5)6)14-11-21-46-44/h7-26H,1-6H3. The average molecular weight is 651 g/mol. The van der Waals surface area contributed by atoms with E-state index in [1.807, 2.05) is 12.3 Å². The number of rotatable bonds is 4. The van der Waals surface area contributed by atoms with E-state index in [9.17, 15) is 0 Å². The number of benzene rings is 5. The average Bonchev–Trinajstić information content (AvgIpc) is 3.67. The first-order valence-electron chi connectivity index (χ1n) is 17.2. The summed E-state index contributed by atoms with van der Waals surface area (Å²) >= 11 is 0. The fourth-order valence-electron chi connectivity index (χ4n) is 7.92. The van der Waals surface area contributed by atoms with Gasteiger partial charge in [-0.15, -0.1) is 0 Å². The van der Waals surface area contributed by atoms with Gasteiger partial charge in [-0.3, -0.25) is 8.97 Å². The zero-order valence-corrected chi connectivity index (χ0v) is 29.2. The lowest BCUT2D eigenvalue weighted by molar-refractivity contribution is 0.484. The molecule has 0 amide bonds. The van der Waals surface area contributed by atoms with E-state index >= 15 is 0 Å². The second kappa shape index (κ2) is 11.0. The van der Waals surface area contributed by atoms with Gasteiger partial charge in [0, 0.05) is 51.1 Å². The highest BCUT2D eigenvalue weighted by molar-refractivity contribution is 6.12. The maximum Gasteiger partial charge on any atom is 0.146 e. The largest absolute Gasteiger partial charge is 0.457 e. The van der Waals surface area contributed by atoms with Crippen LogP contribution in [0.3, 0.4) is 0 Å². The predicted octanol–water partition coefficient (Wildman–Crippen LogP) is 11.8. The first kappa shape index (κ1) is 30.1. The van der Waals surface area contributed by atoms with Gasteiger partial charge in [0.05, 0.1) is 22.2 Å². The summed E-state index contributed by atoms with van der Waals surface area (Å²) in [7, 11) is 0. The summed E-state index contributed by atoms with van der Waals surface area (Å²) in [4.78, 5) is 10.2. The van der Waals surface area contributed by atoms with E-state index in [0.717, 1.165) is 61.4 Å². The van der Waals surface area contributed by atoms with Crippen molar-refractivity contribution in [1.29, 1.82) is 0 Å². The van der Waals surface area contributed by atoms with E-state index in [1.54, 1.807) is 0 Å². The van der Waals surface area contributed by atoms with Crippen LogP contribution in [0.2, 0.25) is 0 Å². The highest BCUT2D eigenvalue weighted by Crippen LogP contribution is 2.39. The molecule has 0 aliphatic carbocycles. The summed E-state index contributed by atoms with van der Waals surface area (Å²) in [5.41, 5.74) is 11.2. The molecule has 9 aromatic rings. The van der Waals surface area contributed by atoms with Gasteiger partial charge < -0.3 is 4.74 Å². The molecule has 0 fully saturated rings. The molecule has 0 saturated carbocycles. The van der Waals surface area contributed by atoms with E-state index in [4.69, 9.17) is 14.7 Å². The third kappa shape index (κ3) is 4.68. The van der Waals surface area contributed by atoms with Gasteiger partial charge >= 0.3 is 0 Å². The maximum atomic E-state index is 6.71. The van der Waals surface area contributed by atoms with Gasteiger partial charge in [-0.1, -0.05) is 80.9 Å². The highest BCUT2D eigenvalue weighted by atomic mass is 16.5. The molecule has 50 heavy (non-hydrogen) atoms. The van der Waals surface area contributed by atoms with Gasteiger partial charge in [0.15, 0.2) is 0 Å². The predicted molar refractivity (Wildman–Crippen MR) is 207 cm³/mol. The van der Waals surface area contributed by atoms with E-state index in [0.29, 0.717) is 0 Å². The van der Waals surface area contributed by atoms with E-state index in [1.165, 1.54) is 38.6 Å². The smallest absolute Gasteiger partial charge is 0.146 e. The summed E-state index contributed by atoms with van der Waals surface area (Å²) in [6.07, 6.45) is 4.07. The van der Waals surface area contributed by atoms with Crippen LogP contribution in [0.1, 0.15) is 43.0 Å². The van der Waals surface area contributed by atoms with Gasteiger partial charge in [0.25, 0.3) is 0 Å². The van der Waals surface area contributed by atoms with E-state index in [2.05, 4.69) is 160 Å². The molecule has 0 aliphatic heterocycles. The molecule has 0 bridgehead atoms. The fourth-order valence-corrected chi connectivity index (χ4v) is 7.92. The second-order valence-corrected chi connectivity index (χ2v) is 14.6. The summed E-state index contributed by atoms with van der Waals surface area (Å²) in [6, 6.07) is 38.6. The Balaban J connectivity index is 1.22. The lowest BCUT2D eigenvalue weighted by atomic mass is 9.87. The number of nitrogens with zero attached hydrogens (tertiary/aromatic N) is 4. The van der Waals surface area contributed by atoms with Crippen LogP contribution >= 0.6 is 0 Å². The van der Waals surface area contributed by atoms with Gasteiger partial charge in [-0.2, -0.15) is 0 Å². The first-order chi connectivity index (χ1) is 24.2. The van der Waals surface area contributed by atoms with Gasteiger partial charge in [-0.05, 0) is 91.2 Å². The molecule has 0 N–H and O–H groups in total. The number of fused-ring (bicyclic) bond motifs is 9. The van der Waals surface area contributed by atoms with Gasteiger partial charge in [0.2, 0.25) is 0 Å². The third-order valence-corrected chi connectivity index (χ3v) is 10.0. The molecule has 0 saturated heterocycles. The number of ether oxygens (including phenoxy) is 1. The minimum absolute atomic E-state index is 0.0838. The monoisotopic (exact) mass is 650 g/mol. The Hall–Kier alpha value is -5.94. The number of imidazole rings is 1. The fraction of sp³-hybridized carbons (Fsp3) is 0.156. The lowest BCUT2D eigenvalue weighted by Crippen LogP contribution is -2.16. The van der Waals surface area contributed by atoms with Crippen LogP contribution in [0, 0.1) is 20.8 Å². The van der Waals surface area contributed by atoms with E-state index in [-0.39, 0.29) is 5.41 Å². The van der Waals surface area contributed by atoms with Gasteiger partial charge in [0.1, 0.15) is 23.0 Å². The molecule has 0 atom stereocenters. The van der Waals surface area contributed by atoms with Crippen molar-refractivity contribution in [1.82, 2.24) is 18.9 Å². The molecular formula is C45H38N4O. The third-order valence-electron chi connectivity index (χ3n) is 10.0. The summed E-state index contributed by atoms with van der Waals surface area (Å²) < 4.78 is 11.2. The minimum atomic E-state index is -0.0838. The quantitative estimate of drug-likeness (QED) is 0.178. The molecule has 0 unspecified atom stereocenters. The molecule has 5 aromatic carbocycles. The highest BCUT2D eigenvalue weighted by Gasteiger charge is 2.23. The van der Waals surface area contributed by atoms with Crippen molar-refractivity contribution >= 4 is 49.1 Å². The van der Waals surface area contributed by atoms with Crippen LogP contribution in [-0.2, 0) is 5.41 Å². The number of aromatic nitrogens is 4. The Morgan fingerprint density at radius 3 is 1.98 bits per heavy atom. The van der Waals surface area contributed by atoms with Crippen LogP contribution in [0.4, 0.5) is 0 Å². The number of aryl methyl sites for hydroxylation is 3. The topological polar surface area (TPSA) is 44.4 Å². The van der Waals surface area contributed by atoms with Crippen molar-refractivity contribution in [3.63, 3.8) is 0 Å². The zero-order valence-electron chi connectivity index (χ0n) is 29.2. The molecule has 5 heteroatoms. The van der Waals surface area contributed by atoms with Crippen molar-refractivity contribution in [3.05, 3.63) is 144 Å². The van der Waals surface area contributed by atoms with Crippen molar-refractivity contribution in [3.8, 4) is 28.6 Å². The Labute approximate surface area is 291 Å². The molecule has 0 spiro atoms. The Kier molecular flexibility index (Phi) is 6.66. The lowest BCUT2D eigenvalue weighted by Gasteiger charge is -2.23. The molecule has 9 rings (SSSR count). The molecule has 4 aromatic heterocycles. The van der Waals surface area contributed by atoms with Crippen molar-refractivity contribution in [2.24, 2.45) is 0 Å². The van der Waals surface area contributed by atoms with E-state index < -0.39 is 0 Å². The van der Waals surface area contributed by atoms with Crippen LogP contribution in [0.5, 0.6) is 11.5 Å². The molecule has 4 heterocycles. The second-order valence-electron chi connectivity index (χ2n) is 14.6. The van der Waals surface area contributed by atoms with Crippen molar-refractivity contribution in [2.75, 3.05) is 0 Å². The SMILES string of the molecule is Cc1cc(C)c(-c2cn3c4ccccc4c4ccc(Oc5ccc6c7ccccc7n(-c7ncccc7C(C)(C)C)c6c5)cc4c3n2)c(C)c1. The van der Waals surface area contributed by atoms with Gasteiger partial charge in [-0.25, -0.2) is 9.97 Å². The number of pyridine rings is 2. The van der Waals surface area contributed by atoms with Crippen molar-refractivity contribution in [2.45, 2.75) is 47.0 Å². The summed E-state index contributed by atoms with van der Waals surface area (Å²) in [6.45, 7) is 13.2. The molecule has 0 aliphatic rings. The van der Waals surface area contributed by atoms with Crippen LogP contribution in [-0.4, -0.2) is 18.9 Å². The molecular weight excluding hydrogens is 613 g/mol. The Morgan fingerprint density at radius 2 is 1.24 bits per heavy atom. The van der Waals surface area contributed by atoms with Crippen molar-refractivity contribution < 1.29 is 4.74 Å². The zero-order chi connectivity index (χ0) is 34.3. The summed E-state index contributed by atoms with van der Waals surface area (Å²) in [5, 5.41) is 5.73. The minimum Gasteiger partial charge on any atom is -0.457 e. The molecule has 244 valence electrons. The Morgan fingerprint density at radius 1 is 0.600 bits per heavy atom. The van der Waals surface area contributed by atoms with Crippen LogP contribution in [0.15, 0.2) is 122 Å². The van der Waals surface area contributed by atoms with Crippen LogP contribution in [0.25, 0.3) is 66.2 Å². The molecule has 0 radical (unpaired) electrons. The number of hydrogen-bond donors (Lipinski definition) is 0. The normalized spacial score (nSPS) is 12.2. The molecule has 5 nitrogen and oxygen atoms in total. The summed E-state index contributed by atoms with van der Waals surface area (Å²) in [5.74, 6) is 2.47.